The Morgan fingerprint density at radius 3 is 2.67 bits per heavy atom. The highest BCUT2D eigenvalue weighted by Crippen LogP contribution is 2.24. The fraction of sp³-hybridized carbons (Fsp3) is 0.533. The normalized spacial score (nSPS) is 22.1. The molecule has 1 amide bonds. The first-order valence-electron chi connectivity index (χ1n) is 7.06. The molecule has 0 saturated carbocycles. The van der Waals surface area contributed by atoms with E-state index in [1.54, 1.807) is 12.3 Å². The Kier molecular flexibility index (Phi) is 5.22. The van der Waals surface area contributed by atoms with Crippen LogP contribution in [0.25, 0.3) is 0 Å². The molecule has 0 spiro atoms. The summed E-state index contributed by atoms with van der Waals surface area (Å²) in [6.07, 6.45) is 2.70. The van der Waals surface area contributed by atoms with Crippen LogP contribution in [-0.2, 0) is 4.79 Å². The smallest absolute Gasteiger partial charge is 0.338 e. The van der Waals surface area contributed by atoms with Crippen LogP contribution in [0, 0.1) is 11.8 Å². The molecule has 0 radical (unpaired) electrons. The number of nitrogens with zero attached hydrogens (tertiary/aromatic N) is 2. The number of amides is 1. The van der Waals surface area contributed by atoms with Crippen molar-refractivity contribution < 1.29 is 14.7 Å². The summed E-state index contributed by atoms with van der Waals surface area (Å²) >= 11 is 1.20. The number of aromatic carboxylic acids is 1. The number of hydrogen-bond donors (Lipinski definition) is 1. The third kappa shape index (κ3) is 4.20. The molecular formula is C15H20N2O3S. The predicted octanol–water partition coefficient (Wildman–Crippen LogP) is 2.38. The Hall–Kier alpha value is -1.56. The van der Waals surface area contributed by atoms with Crippen LogP contribution >= 0.6 is 11.8 Å². The summed E-state index contributed by atoms with van der Waals surface area (Å²) < 4.78 is 0. The fourth-order valence-corrected chi connectivity index (χ4v) is 3.65. The molecule has 6 heteroatoms. The van der Waals surface area contributed by atoms with Crippen molar-refractivity contribution in [2.45, 2.75) is 25.3 Å². The molecule has 1 N–H and O–H groups in total. The van der Waals surface area contributed by atoms with Gasteiger partial charge in [0.1, 0.15) is 5.03 Å². The molecule has 0 aromatic carbocycles. The van der Waals surface area contributed by atoms with Gasteiger partial charge in [0.2, 0.25) is 5.91 Å². The van der Waals surface area contributed by atoms with Gasteiger partial charge in [-0.2, -0.15) is 0 Å². The van der Waals surface area contributed by atoms with E-state index in [1.165, 1.54) is 17.8 Å². The predicted molar refractivity (Wildman–Crippen MR) is 81.4 cm³/mol. The fourth-order valence-electron chi connectivity index (χ4n) is 2.76. The number of rotatable bonds is 4. The van der Waals surface area contributed by atoms with Crippen LogP contribution in [0.2, 0.25) is 0 Å². The molecule has 2 atom stereocenters. The maximum Gasteiger partial charge on any atom is 0.338 e. The van der Waals surface area contributed by atoms with E-state index in [0.717, 1.165) is 19.5 Å². The lowest BCUT2D eigenvalue weighted by molar-refractivity contribution is -0.130. The van der Waals surface area contributed by atoms with Gasteiger partial charge in [0.25, 0.3) is 0 Å². The minimum atomic E-state index is -1.02. The highest BCUT2D eigenvalue weighted by Gasteiger charge is 2.25. The van der Waals surface area contributed by atoms with Crippen LogP contribution in [-0.4, -0.2) is 45.7 Å². The Morgan fingerprint density at radius 1 is 1.38 bits per heavy atom. The quantitative estimate of drug-likeness (QED) is 0.865. The van der Waals surface area contributed by atoms with Crippen LogP contribution in [0.5, 0.6) is 0 Å². The highest BCUT2D eigenvalue weighted by molar-refractivity contribution is 8.00. The minimum Gasteiger partial charge on any atom is -0.478 e. The number of thioether (sulfide) groups is 1. The number of likely N-dealkylation sites (tertiary alicyclic amines) is 1. The van der Waals surface area contributed by atoms with E-state index in [-0.39, 0.29) is 17.2 Å². The first kappa shape index (κ1) is 15.8. The van der Waals surface area contributed by atoms with Crippen LogP contribution in [0.4, 0.5) is 0 Å². The molecule has 1 aliphatic heterocycles. The lowest BCUT2D eigenvalue weighted by atomic mass is 9.92. The van der Waals surface area contributed by atoms with Crippen molar-refractivity contribution in [3.8, 4) is 0 Å². The van der Waals surface area contributed by atoms with Crippen molar-refractivity contribution in [1.29, 1.82) is 0 Å². The zero-order chi connectivity index (χ0) is 15.4. The van der Waals surface area contributed by atoms with Crippen molar-refractivity contribution in [1.82, 2.24) is 9.88 Å². The number of carboxylic acids is 1. The zero-order valence-electron chi connectivity index (χ0n) is 12.3. The van der Waals surface area contributed by atoms with Crippen molar-refractivity contribution >= 4 is 23.6 Å². The third-order valence-electron chi connectivity index (χ3n) is 3.56. The van der Waals surface area contributed by atoms with Gasteiger partial charge in [0.05, 0.1) is 11.3 Å². The highest BCUT2D eigenvalue weighted by atomic mass is 32.2. The molecule has 1 aromatic rings. The van der Waals surface area contributed by atoms with E-state index < -0.39 is 5.97 Å². The standard InChI is InChI=1S/C15H20N2O3S/c1-10-6-11(2)8-17(7-10)13(18)9-21-14-12(15(19)20)4-3-5-16-14/h3-5,10-11H,6-9H2,1-2H3,(H,19,20). The molecule has 2 heterocycles. The molecular weight excluding hydrogens is 288 g/mol. The van der Waals surface area contributed by atoms with Crippen LogP contribution in [0.1, 0.15) is 30.6 Å². The molecule has 2 unspecified atom stereocenters. The summed E-state index contributed by atoms with van der Waals surface area (Å²) in [5.41, 5.74) is 0.149. The Balaban J connectivity index is 1.97. The van der Waals surface area contributed by atoms with Crippen molar-refractivity contribution in [2.24, 2.45) is 11.8 Å². The van der Waals surface area contributed by atoms with Gasteiger partial charge in [-0.1, -0.05) is 25.6 Å². The second-order valence-electron chi connectivity index (χ2n) is 5.69. The summed E-state index contributed by atoms with van der Waals surface area (Å²) in [5.74, 6) is 0.314. The van der Waals surface area contributed by atoms with E-state index in [9.17, 15) is 9.59 Å². The van der Waals surface area contributed by atoms with Gasteiger partial charge in [-0.05, 0) is 30.4 Å². The first-order chi connectivity index (χ1) is 9.97. The lowest BCUT2D eigenvalue weighted by Crippen LogP contribution is -2.43. The number of carbonyl (C=O) groups excluding carboxylic acids is 1. The maximum atomic E-state index is 12.3. The monoisotopic (exact) mass is 308 g/mol. The van der Waals surface area contributed by atoms with Gasteiger partial charge in [-0.15, -0.1) is 0 Å². The number of carboxylic acid groups (broad SMARTS) is 1. The molecule has 2 rings (SSSR count). The Labute approximate surface area is 128 Å². The van der Waals surface area contributed by atoms with Gasteiger partial charge in [0.15, 0.2) is 0 Å². The molecule has 0 bridgehead atoms. The van der Waals surface area contributed by atoms with Gasteiger partial charge in [-0.25, -0.2) is 9.78 Å². The summed E-state index contributed by atoms with van der Waals surface area (Å²) in [4.78, 5) is 29.3. The van der Waals surface area contributed by atoms with Crippen molar-refractivity contribution in [3.63, 3.8) is 0 Å². The molecule has 5 nitrogen and oxygen atoms in total. The van der Waals surface area contributed by atoms with Crippen LogP contribution in [0.3, 0.4) is 0 Å². The molecule has 21 heavy (non-hydrogen) atoms. The SMILES string of the molecule is CC1CC(C)CN(C(=O)CSc2ncccc2C(=O)O)C1. The molecule has 1 fully saturated rings. The second kappa shape index (κ2) is 6.93. The minimum absolute atomic E-state index is 0.0559. The first-order valence-corrected chi connectivity index (χ1v) is 8.04. The van der Waals surface area contributed by atoms with E-state index in [0.29, 0.717) is 16.9 Å². The summed E-state index contributed by atoms with van der Waals surface area (Å²) in [7, 11) is 0. The zero-order valence-corrected chi connectivity index (χ0v) is 13.1. The van der Waals surface area contributed by atoms with E-state index >= 15 is 0 Å². The number of carbonyl (C=O) groups is 2. The van der Waals surface area contributed by atoms with Crippen LogP contribution < -0.4 is 0 Å². The van der Waals surface area contributed by atoms with Crippen LogP contribution in [0.15, 0.2) is 23.4 Å². The number of hydrogen-bond acceptors (Lipinski definition) is 4. The van der Waals surface area contributed by atoms with E-state index in [1.807, 2.05) is 4.90 Å². The van der Waals surface area contributed by atoms with Crippen molar-refractivity contribution in [3.05, 3.63) is 23.9 Å². The topological polar surface area (TPSA) is 70.5 Å². The molecule has 0 aliphatic carbocycles. The van der Waals surface area contributed by atoms with E-state index in [2.05, 4.69) is 18.8 Å². The van der Waals surface area contributed by atoms with E-state index in [4.69, 9.17) is 5.11 Å². The molecule has 114 valence electrons. The van der Waals surface area contributed by atoms with Gasteiger partial charge >= 0.3 is 5.97 Å². The molecule has 1 aromatic heterocycles. The Bertz CT molecular complexity index is 525. The third-order valence-corrected chi connectivity index (χ3v) is 4.55. The van der Waals surface area contributed by atoms with Crippen molar-refractivity contribution in [2.75, 3.05) is 18.8 Å². The summed E-state index contributed by atoms with van der Waals surface area (Å²) in [5, 5.41) is 9.50. The number of aromatic nitrogens is 1. The summed E-state index contributed by atoms with van der Waals surface area (Å²) in [6.45, 7) is 5.89. The average Bonchev–Trinajstić information content (AvgIpc) is 2.43. The van der Waals surface area contributed by atoms with Gasteiger partial charge in [0, 0.05) is 19.3 Å². The largest absolute Gasteiger partial charge is 0.478 e. The maximum absolute atomic E-state index is 12.3. The number of piperidine rings is 1. The molecule has 1 saturated heterocycles. The van der Waals surface area contributed by atoms with Gasteiger partial charge < -0.3 is 10.0 Å². The Morgan fingerprint density at radius 2 is 2.05 bits per heavy atom. The number of pyridine rings is 1. The molecule has 1 aliphatic rings. The van der Waals surface area contributed by atoms with Gasteiger partial charge in [-0.3, -0.25) is 4.79 Å². The second-order valence-corrected chi connectivity index (χ2v) is 6.66. The lowest BCUT2D eigenvalue weighted by Gasteiger charge is -2.35. The average molecular weight is 308 g/mol. The summed E-state index contributed by atoms with van der Waals surface area (Å²) in [6, 6.07) is 3.09.